The predicted octanol–water partition coefficient (Wildman–Crippen LogP) is 3.32. The molecule has 2 aromatic carbocycles. The maximum absolute atomic E-state index is 12.4. The predicted molar refractivity (Wildman–Crippen MR) is 96.9 cm³/mol. The molecule has 0 radical (unpaired) electrons. The number of amides is 1. The van der Waals surface area contributed by atoms with Crippen molar-refractivity contribution in [1.29, 1.82) is 0 Å². The summed E-state index contributed by atoms with van der Waals surface area (Å²) >= 11 is 1.86. The van der Waals surface area contributed by atoms with E-state index in [1.165, 1.54) is 5.39 Å². The molecule has 1 fully saturated rings. The fraction of sp³-hybridized carbons (Fsp3) is 0.421. The van der Waals surface area contributed by atoms with E-state index in [2.05, 4.69) is 29.6 Å². The lowest BCUT2D eigenvalue weighted by Crippen LogP contribution is -2.46. The molecule has 0 unspecified atom stereocenters. The first-order valence-electron chi connectivity index (χ1n) is 8.14. The molecular weight excluding hydrogens is 306 g/mol. The van der Waals surface area contributed by atoms with Gasteiger partial charge in [-0.1, -0.05) is 42.5 Å². The monoisotopic (exact) mass is 329 g/mol. The van der Waals surface area contributed by atoms with Gasteiger partial charge >= 0.3 is 0 Å². The van der Waals surface area contributed by atoms with Crippen LogP contribution in [0.25, 0.3) is 10.8 Å². The van der Waals surface area contributed by atoms with Crippen LogP contribution in [0, 0.1) is 0 Å². The number of carbonyl (C=O) groups excluding carboxylic acids is 1. The molecule has 0 bridgehead atoms. The van der Waals surface area contributed by atoms with Gasteiger partial charge in [-0.15, -0.1) is 0 Å². The minimum atomic E-state index is -0.732. The van der Waals surface area contributed by atoms with Crippen LogP contribution in [0.2, 0.25) is 0 Å². The van der Waals surface area contributed by atoms with E-state index in [1.54, 1.807) is 0 Å². The Morgan fingerprint density at radius 3 is 2.65 bits per heavy atom. The lowest BCUT2D eigenvalue weighted by molar-refractivity contribution is -0.123. The fourth-order valence-electron chi connectivity index (χ4n) is 2.96. The normalized spacial score (nSPS) is 18.5. The summed E-state index contributed by atoms with van der Waals surface area (Å²) in [4.78, 5) is 12.4. The Morgan fingerprint density at radius 2 is 1.91 bits per heavy atom. The van der Waals surface area contributed by atoms with E-state index in [9.17, 15) is 9.90 Å². The second kappa shape index (κ2) is 6.93. The molecule has 2 N–H and O–H groups in total. The van der Waals surface area contributed by atoms with Crippen molar-refractivity contribution in [1.82, 2.24) is 5.32 Å². The number of hydrogen-bond donors (Lipinski definition) is 2. The van der Waals surface area contributed by atoms with Gasteiger partial charge in [-0.3, -0.25) is 4.79 Å². The molecule has 0 aromatic heterocycles. The van der Waals surface area contributed by atoms with Crippen LogP contribution >= 0.6 is 11.8 Å². The van der Waals surface area contributed by atoms with Crippen LogP contribution in [0.3, 0.4) is 0 Å². The molecule has 3 rings (SSSR count). The Hall–Kier alpha value is -1.52. The number of nitrogens with one attached hydrogen (secondary N) is 1. The molecular formula is C19H23NO2S. The first-order chi connectivity index (χ1) is 11.1. The van der Waals surface area contributed by atoms with Gasteiger partial charge in [0.25, 0.3) is 0 Å². The van der Waals surface area contributed by atoms with Crippen molar-refractivity contribution in [2.75, 3.05) is 18.1 Å². The number of benzene rings is 2. The summed E-state index contributed by atoms with van der Waals surface area (Å²) < 4.78 is 0. The molecule has 1 aliphatic heterocycles. The number of fused-ring (bicyclic) bond motifs is 1. The van der Waals surface area contributed by atoms with Crippen molar-refractivity contribution in [2.45, 2.75) is 31.3 Å². The summed E-state index contributed by atoms with van der Waals surface area (Å²) in [6.45, 7) is 2.27. The molecule has 1 aliphatic rings. The minimum absolute atomic E-state index is 0.0214. The van der Waals surface area contributed by atoms with Gasteiger partial charge in [0.2, 0.25) is 5.91 Å². The molecule has 122 valence electrons. The van der Waals surface area contributed by atoms with Crippen LogP contribution in [0.4, 0.5) is 0 Å². The first-order valence-corrected chi connectivity index (χ1v) is 9.29. The van der Waals surface area contributed by atoms with E-state index >= 15 is 0 Å². The highest BCUT2D eigenvalue weighted by Gasteiger charge is 2.30. The van der Waals surface area contributed by atoms with Gasteiger partial charge in [-0.25, -0.2) is 0 Å². The Morgan fingerprint density at radius 1 is 1.22 bits per heavy atom. The van der Waals surface area contributed by atoms with Crippen LogP contribution in [-0.4, -0.2) is 34.7 Å². The van der Waals surface area contributed by atoms with Crippen molar-refractivity contribution in [3.05, 3.63) is 48.0 Å². The number of rotatable bonds is 4. The second-order valence-electron chi connectivity index (χ2n) is 6.38. The number of hydrogen-bond acceptors (Lipinski definition) is 3. The van der Waals surface area contributed by atoms with Gasteiger partial charge in [-0.2, -0.15) is 11.8 Å². The molecule has 23 heavy (non-hydrogen) atoms. The Balaban J connectivity index is 1.66. The summed E-state index contributed by atoms with van der Waals surface area (Å²) in [5.41, 5.74) is 0.275. The highest BCUT2D eigenvalue weighted by molar-refractivity contribution is 7.99. The van der Waals surface area contributed by atoms with Crippen LogP contribution in [0.1, 0.15) is 31.2 Å². The van der Waals surface area contributed by atoms with Crippen LogP contribution in [-0.2, 0) is 4.79 Å². The molecule has 2 aromatic rings. The van der Waals surface area contributed by atoms with Crippen LogP contribution in [0.15, 0.2) is 42.5 Å². The molecule has 3 nitrogen and oxygen atoms in total. The van der Waals surface area contributed by atoms with Gasteiger partial charge in [0, 0.05) is 6.54 Å². The third-order valence-electron chi connectivity index (χ3n) is 4.68. The summed E-state index contributed by atoms with van der Waals surface area (Å²) in [7, 11) is 0. The average molecular weight is 329 g/mol. The zero-order valence-electron chi connectivity index (χ0n) is 13.4. The second-order valence-corrected chi connectivity index (χ2v) is 7.61. The smallest absolute Gasteiger partial charge is 0.227 e. The largest absolute Gasteiger partial charge is 0.388 e. The summed E-state index contributed by atoms with van der Waals surface area (Å²) in [5, 5.41) is 15.8. The topological polar surface area (TPSA) is 49.3 Å². The zero-order valence-corrected chi connectivity index (χ0v) is 14.2. The summed E-state index contributed by atoms with van der Waals surface area (Å²) in [6.07, 6.45) is 1.50. The van der Waals surface area contributed by atoms with Crippen LogP contribution < -0.4 is 5.32 Å². The van der Waals surface area contributed by atoms with E-state index in [1.807, 2.05) is 36.9 Å². The third kappa shape index (κ3) is 3.88. The maximum Gasteiger partial charge on any atom is 0.227 e. The maximum atomic E-state index is 12.4. The molecule has 4 heteroatoms. The quantitative estimate of drug-likeness (QED) is 0.905. The SMILES string of the molecule is C[C@H](C(=O)NCC1(O)CCSCC1)c1ccc2ccccc2c1. The number of thioether (sulfide) groups is 1. The molecule has 1 amide bonds. The summed E-state index contributed by atoms with van der Waals surface area (Å²) in [5.74, 6) is 1.69. The van der Waals surface area contributed by atoms with E-state index in [-0.39, 0.29) is 11.8 Å². The lowest BCUT2D eigenvalue weighted by atomic mass is 9.94. The van der Waals surface area contributed by atoms with E-state index in [0.717, 1.165) is 35.3 Å². The third-order valence-corrected chi connectivity index (χ3v) is 5.67. The molecule has 0 spiro atoms. The van der Waals surface area contributed by atoms with Gasteiger partial charge in [-0.05, 0) is 47.6 Å². The minimum Gasteiger partial charge on any atom is -0.388 e. The van der Waals surface area contributed by atoms with Crippen molar-refractivity contribution in [3.8, 4) is 0 Å². The molecule has 1 heterocycles. The van der Waals surface area contributed by atoms with E-state index < -0.39 is 5.60 Å². The van der Waals surface area contributed by atoms with Crippen molar-refractivity contribution in [2.24, 2.45) is 0 Å². The van der Waals surface area contributed by atoms with E-state index in [4.69, 9.17) is 0 Å². The molecule has 1 saturated heterocycles. The molecule has 0 aliphatic carbocycles. The van der Waals surface area contributed by atoms with Crippen molar-refractivity contribution in [3.63, 3.8) is 0 Å². The zero-order chi connectivity index (χ0) is 16.3. The highest BCUT2D eigenvalue weighted by atomic mass is 32.2. The fourth-order valence-corrected chi connectivity index (χ4v) is 4.21. The van der Waals surface area contributed by atoms with Gasteiger partial charge < -0.3 is 10.4 Å². The molecule has 0 saturated carbocycles. The lowest BCUT2D eigenvalue weighted by Gasteiger charge is -2.32. The standard InChI is InChI=1S/C19H23NO2S/c1-14(16-7-6-15-4-2-3-5-17(15)12-16)18(21)20-13-19(22)8-10-23-11-9-19/h2-7,12,14,22H,8-11,13H2,1H3,(H,20,21)/t14-/m0/s1. The Bertz CT molecular complexity index is 695. The first kappa shape index (κ1) is 16.3. The van der Waals surface area contributed by atoms with Crippen LogP contribution in [0.5, 0.6) is 0 Å². The Kier molecular flexibility index (Phi) is 4.93. The average Bonchev–Trinajstić information content (AvgIpc) is 2.59. The summed E-state index contributed by atoms with van der Waals surface area (Å²) in [6, 6.07) is 14.3. The van der Waals surface area contributed by atoms with Crippen molar-refractivity contribution >= 4 is 28.4 Å². The van der Waals surface area contributed by atoms with Crippen molar-refractivity contribution < 1.29 is 9.90 Å². The van der Waals surface area contributed by atoms with Gasteiger partial charge in [0.15, 0.2) is 0 Å². The van der Waals surface area contributed by atoms with Gasteiger partial charge in [0.05, 0.1) is 11.5 Å². The molecule has 1 atom stereocenters. The Labute approximate surface area is 141 Å². The number of aliphatic hydroxyl groups is 1. The van der Waals surface area contributed by atoms with Gasteiger partial charge in [0.1, 0.15) is 0 Å². The highest BCUT2D eigenvalue weighted by Crippen LogP contribution is 2.27. The van der Waals surface area contributed by atoms with E-state index in [0.29, 0.717) is 6.54 Å². The number of carbonyl (C=O) groups is 1.